The number of rotatable bonds is 5. The third-order valence-electron chi connectivity index (χ3n) is 5.03. The quantitative estimate of drug-likeness (QED) is 0.641. The van der Waals surface area contributed by atoms with E-state index in [4.69, 9.17) is 0 Å². The molecule has 8 heteroatoms. The molecule has 1 amide bonds. The van der Waals surface area contributed by atoms with Crippen molar-refractivity contribution >= 4 is 24.0 Å². The molecule has 24 heavy (non-hydrogen) atoms. The van der Waals surface area contributed by atoms with E-state index in [9.17, 15) is 14.9 Å². The normalized spacial score (nSPS) is 18.2. The number of carbonyl (C=O) groups is 1. The van der Waals surface area contributed by atoms with Crippen LogP contribution in [0.15, 0.2) is 24.3 Å². The Hall–Kier alpha value is -1.70. The van der Waals surface area contributed by atoms with Gasteiger partial charge in [0.25, 0.3) is 11.6 Å². The van der Waals surface area contributed by atoms with Crippen molar-refractivity contribution in [2.45, 2.75) is 37.6 Å². The minimum atomic E-state index is -0.463. The second-order valence-corrected chi connectivity index (χ2v) is 6.23. The molecule has 3 rings (SSSR count). The molecule has 7 nitrogen and oxygen atoms in total. The highest BCUT2D eigenvalue weighted by atomic mass is 35.5. The average Bonchev–Trinajstić information content (AvgIpc) is 3.07. The number of halogens is 1. The Balaban J connectivity index is 0.00000144. The topological polar surface area (TPSA) is 107 Å². The zero-order valence-corrected chi connectivity index (χ0v) is 14.3. The van der Waals surface area contributed by atoms with Crippen molar-refractivity contribution in [3.05, 3.63) is 39.9 Å². The zero-order valence-electron chi connectivity index (χ0n) is 13.5. The lowest BCUT2D eigenvalue weighted by Gasteiger charge is -2.32. The molecule has 1 aromatic carbocycles. The van der Waals surface area contributed by atoms with E-state index in [-0.39, 0.29) is 29.5 Å². The molecular weight excluding hydrogens is 334 g/mol. The van der Waals surface area contributed by atoms with Crippen LogP contribution in [-0.4, -0.2) is 46.4 Å². The Morgan fingerprint density at radius 2 is 1.79 bits per heavy atom. The number of fused-ring (bicyclic) bond motifs is 1. The molecule has 0 radical (unpaired) electrons. The highest BCUT2D eigenvalue weighted by Crippen LogP contribution is 2.40. The van der Waals surface area contributed by atoms with Crippen molar-refractivity contribution in [2.75, 3.05) is 19.6 Å². The number of nitro benzene ring substituents is 1. The smallest absolute Gasteiger partial charge is 0.269 e. The van der Waals surface area contributed by atoms with E-state index >= 15 is 0 Å². The zero-order chi connectivity index (χ0) is 15.6. The first-order valence-corrected chi connectivity index (χ1v) is 7.88. The van der Waals surface area contributed by atoms with E-state index in [0.29, 0.717) is 17.6 Å². The Morgan fingerprint density at radius 3 is 2.33 bits per heavy atom. The van der Waals surface area contributed by atoms with Crippen molar-refractivity contribution in [3.8, 4) is 0 Å². The number of nitro groups is 1. The van der Waals surface area contributed by atoms with Crippen LogP contribution in [0, 0.1) is 10.1 Å². The molecule has 2 fully saturated rings. The largest absolute Gasteiger partial charge is 0.412 e. The third-order valence-corrected chi connectivity index (χ3v) is 5.03. The maximum Gasteiger partial charge on any atom is 0.269 e. The first-order chi connectivity index (χ1) is 10.6. The summed E-state index contributed by atoms with van der Waals surface area (Å²) in [5, 5.41) is 13.6. The highest BCUT2D eigenvalue weighted by molar-refractivity contribution is 5.94. The molecular formula is C16H24ClN3O4. The second-order valence-electron chi connectivity index (χ2n) is 6.23. The SMILES string of the molecule is Cl.O.O=C(NCCC12CCCN1CCC2)c1ccc([N+](=O)[O-])cc1. The van der Waals surface area contributed by atoms with E-state index in [1.54, 1.807) is 0 Å². The number of hydrogen-bond donors (Lipinski definition) is 1. The summed E-state index contributed by atoms with van der Waals surface area (Å²) in [6.45, 7) is 3.04. The number of amides is 1. The van der Waals surface area contributed by atoms with Crippen LogP contribution in [0.4, 0.5) is 5.69 Å². The van der Waals surface area contributed by atoms with E-state index in [1.807, 2.05) is 0 Å². The van der Waals surface area contributed by atoms with Gasteiger partial charge >= 0.3 is 0 Å². The number of benzene rings is 1. The predicted octanol–water partition coefficient (Wildman–Crippen LogP) is 1.94. The van der Waals surface area contributed by atoms with Gasteiger partial charge in [0.1, 0.15) is 0 Å². The number of hydrogen-bond acceptors (Lipinski definition) is 4. The van der Waals surface area contributed by atoms with Gasteiger partial charge in [-0.2, -0.15) is 0 Å². The fourth-order valence-electron chi connectivity index (χ4n) is 3.88. The molecule has 0 bridgehead atoms. The molecule has 2 saturated heterocycles. The van der Waals surface area contributed by atoms with Gasteiger partial charge in [0.15, 0.2) is 0 Å². The van der Waals surface area contributed by atoms with Gasteiger partial charge in [-0.05, 0) is 57.3 Å². The van der Waals surface area contributed by atoms with Crippen molar-refractivity contribution in [1.29, 1.82) is 0 Å². The van der Waals surface area contributed by atoms with Crippen LogP contribution >= 0.6 is 12.4 Å². The molecule has 0 unspecified atom stereocenters. The van der Waals surface area contributed by atoms with Gasteiger partial charge in [-0.3, -0.25) is 19.8 Å². The summed E-state index contributed by atoms with van der Waals surface area (Å²) < 4.78 is 0. The summed E-state index contributed by atoms with van der Waals surface area (Å²) >= 11 is 0. The summed E-state index contributed by atoms with van der Waals surface area (Å²) in [7, 11) is 0. The molecule has 2 aliphatic heterocycles. The van der Waals surface area contributed by atoms with Gasteiger partial charge in [-0.1, -0.05) is 0 Å². The second kappa shape index (κ2) is 8.41. The molecule has 0 aliphatic carbocycles. The Bertz CT molecular complexity index is 569. The van der Waals surface area contributed by atoms with Crippen molar-refractivity contribution in [1.82, 2.24) is 10.2 Å². The fourth-order valence-corrected chi connectivity index (χ4v) is 3.88. The van der Waals surface area contributed by atoms with E-state index in [0.717, 1.165) is 6.42 Å². The van der Waals surface area contributed by atoms with E-state index in [2.05, 4.69) is 10.2 Å². The molecule has 1 aromatic rings. The monoisotopic (exact) mass is 357 g/mol. The standard InChI is InChI=1S/C16H21N3O3.ClH.H2O/c20-15(13-3-5-14(6-4-13)19(21)22)17-10-9-16-7-1-11-18(16)12-2-8-16;;/h3-6H,1-2,7-12H2,(H,17,20);1H;1H2. The minimum Gasteiger partial charge on any atom is -0.412 e. The lowest BCUT2D eigenvalue weighted by Crippen LogP contribution is -2.41. The third kappa shape index (κ3) is 4.03. The first kappa shape index (κ1) is 20.3. The van der Waals surface area contributed by atoms with Gasteiger partial charge in [0.05, 0.1) is 4.92 Å². The van der Waals surface area contributed by atoms with E-state index < -0.39 is 4.92 Å². The summed E-state index contributed by atoms with van der Waals surface area (Å²) in [5.74, 6) is -0.158. The predicted molar refractivity (Wildman–Crippen MR) is 93.7 cm³/mol. The van der Waals surface area contributed by atoms with Crippen LogP contribution in [0.25, 0.3) is 0 Å². The van der Waals surface area contributed by atoms with Gasteiger partial charge in [-0.15, -0.1) is 12.4 Å². The van der Waals surface area contributed by atoms with Gasteiger partial charge in [0.2, 0.25) is 0 Å². The Labute approximate surface area is 147 Å². The molecule has 2 aliphatic rings. The fraction of sp³-hybridized carbons (Fsp3) is 0.562. The maximum absolute atomic E-state index is 12.1. The summed E-state index contributed by atoms with van der Waals surface area (Å²) in [4.78, 5) is 24.8. The molecule has 0 saturated carbocycles. The van der Waals surface area contributed by atoms with Crippen LogP contribution in [0.3, 0.4) is 0 Å². The van der Waals surface area contributed by atoms with Gasteiger partial charge in [0, 0.05) is 29.8 Å². The Kier molecular flexibility index (Phi) is 7.13. The Morgan fingerprint density at radius 1 is 1.21 bits per heavy atom. The van der Waals surface area contributed by atoms with Crippen LogP contribution in [-0.2, 0) is 0 Å². The summed E-state index contributed by atoms with van der Waals surface area (Å²) in [5.41, 5.74) is 0.781. The van der Waals surface area contributed by atoms with Crippen molar-refractivity contribution in [3.63, 3.8) is 0 Å². The lowest BCUT2D eigenvalue weighted by atomic mass is 9.90. The van der Waals surface area contributed by atoms with Crippen LogP contribution < -0.4 is 5.32 Å². The number of non-ortho nitro benzene ring substituents is 1. The molecule has 3 N–H and O–H groups in total. The molecule has 0 atom stereocenters. The minimum absolute atomic E-state index is 0. The molecule has 0 spiro atoms. The number of nitrogens with zero attached hydrogens (tertiary/aromatic N) is 2. The molecule has 2 heterocycles. The number of carbonyl (C=O) groups excluding carboxylic acids is 1. The lowest BCUT2D eigenvalue weighted by molar-refractivity contribution is -0.384. The van der Waals surface area contributed by atoms with Crippen LogP contribution in [0.2, 0.25) is 0 Å². The molecule has 0 aromatic heterocycles. The number of nitrogens with one attached hydrogen (secondary N) is 1. The van der Waals surface area contributed by atoms with Gasteiger partial charge < -0.3 is 10.8 Å². The van der Waals surface area contributed by atoms with Crippen molar-refractivity contribution in [2.24, 2.45) is 0 Å². The summed E-state index contributed by atoms with van der Waals surface area (Å²) in [6, 6.07) is 5.74. The van der Waals surface area contributed by atoms with E-state index in [1.165, 1.54) is 63.0 Å². The summed E-state index contributed by atoms with van der Waals surface area (Å²) in [6.07, 6.45) is 5.99. The first-order valence-electron chi connectivity index (χ1n) is 7.88. The van der Waals surface area contributed by atoms with Crippen molar-refractivity contribution < 1.29 is 15.2 Å². The average molecular weight is 358 g/mol. The highest BCUT2D eigenvalue weighted by Gasteiger charge is 2.43. The molecule has 134 valence electrons. The van der Waals surface area contributed by atoms with Crippen LogP contribution in [0.5, 0.6) is 0 Å². The maximum atomic E-state index is 12.1. The van der Waals surface area contributed by atoms with Crippen LogP contribution in [0.1, 0.15) is 42.5 Å². The van der Waals surface area contributed by atoms with Gasteiger partial charge in [-0.25, -0.2) is 0 Å².